The Morgan fingerprint density at radius 3 is 2.52 bits per heavy atom. The number of thiocarbonyl (C=S) groups is 1. The number of fused-ring (bicyclic) bond motifs is 2. The molecule has 0 spiro atoms. The minimum Gasteiger partial charge on any atom is -0.361 e. The smallest absolute Gasteiger partial charge is 0.237 e. The first-order chi connectivity index (χ1) is 16.2. The van der Waals surface area contributed by atoms with Gasteiger partial charge in [-0.2, -0.15) is 0 Å². The number of thioether (sulfide) groups is 1. The van der Waals surface area contributed by atoms with E-state index in [1.54, 1.807) is 11.8 Å². The monoisotopic (exact) mass is 474 g/mol. The quantitative estimate of drug-likeness (QED) is 0.289. The number of aromatic nitrogens is 1. The summed E-state index contributed by atoms with van der Waals surface area (Å²) in [6.45, 7) is 4.55. The maximum Gasteiger partial charge on any atom is 0.237 e. The number of amides is 1. The highest BCUT2D eigenvalue weighted by molar-refractivity contribution is 8.00. The zero-order chi connectivity index (χ0) is 23.2. The van der Waals surface area contributed by atoms with Gasteiger partial charge in [0.05, 0.1) is 18.0 Å². The van der Waals surface area contributed by atoms with Crippen LogP contribution in [0.5, 0.6) is 0 Å². The third kappa shape index (κ3) is 5.38. The van der Waals surface area contributed by atoms with Gasteiger partial charge in [-0.25, -0.2) is 0 Å². The zero-order valence-electron chi connectivity index (χ0n) is 18.6. The summed E-state index contributed by atoms with van der Waals surface area (Å²) >= 11 is 7.09. The lowest BCUT2D eigenvalue weighted by Crippen LogP contribution is -2.34. The summed E-state index contributed by atoms with van der Waals surface area (Å²) in [6, 6.07) is 24.2. The van der Waals surface area contributed by atoms with Crippen molar-refractivity contribution >= 4 is 63.0 Å². The van der Waals surface area contributed by atoms with Gasteiger partial charge in [0.1, 0.15) is 0 Å². The van der Waals surface area contributed by atoms with Crippen LogP contribution in [0, 0.1) is 0 Å². The van der Waals surface area contributed by atoms with E-state index in [9.17, 15) is 4.79 Å². The van der Waals surface area contributed by atoms with Crippen LogP contribution in [0.3, 0.4) is 0 Å². The molecule has 7 heteroatoms. The van der Waals surface area contributed by atoms with Crippen molar-refractivity contribution < 1.29 is 4.79 Å². The third-order valence-corrected chi connectivity index (χ3v) is 6.41. The maximum atomic E-state index is 12.7. The van der Waals surface area contributed by atoms with Crippen LogP contribution in [-0.4, -0.2) is 21.8 Å². The number of carbonyl (C=O) groups is 1. The van der Waals surface area contributed by atoms with E-state index < -0.39 is 0 Å². The Labute approximate surface area is 203 Å². The number of benzene rings is 3. The predicted molar refractivity (Wildman–Crippen MR) is 144 cm³/mol. The van der Waals surface area contributed by atoms with E-state index in [2.05, 4.69) is 15.6 Å². The molecule has 1 aliphatic heterocycles. The van der Waals surface area contributed by atoms with Crippen molar-refractivity contribution in [2.24, 2.45) is 0 Å². The Morgan fingerprint density at radius 2 is 1.73 bits per heavy atom. The summed E-state index contributed by atoms with van der Waals surface area (Å²) in [7, 11) is 0. The molecular weight excluding hydrogens is 448 g/mol. The number of aromatic amines is 1. The Morgan fingerprint density at radius 1 is 1.00 bits per heavy atom. The molecule has 1 aliphatic rings. The van der Waals surface area contributed by atoms with Gasteiger partial charge in [-0.1, -0.05) is 50.2 Å². The highest BCUT2D eigenvalue weighted by Gasteiger charge is 2.25. The summed E-state index contributed by atoms with van der Waals surface area (Å²) < 4.78 is 0. The SMILES string of the molecule is CC.O=C1CSc2ccc(NC(=S)Nc3ccc4cc[nH]c4c3)cc2N1Cc1ccccc1. The second-order valence-corrected chi connectivity index (χ2v) is 8.72. The molecule has 3 N–H and O–H groups in total. The normalized spacial score (nSPS) is 12.5. The van der Waals surface area contributed by atoms with Crippen molar-refractivity contribution in [3.63, 3.8) is 0 Å². The molecular formula is C26H26N4OS2. The van der Waals surface area contributed by atoms with Crippen LogP contribution in [-0.2, 0) is 11.3 Å². The van der Waals surface area contributed by atoms with Crippen molar-refractivity contribution in [1.29, 1.82) is 0 Å². The summed E-state index contributed by atoms with van der Waals surface area (Å²) in [6.07, 6.45) is 1.92. The minimum absolute atomic E-state index is 0.110. The average Bonchev–Trinajstić information content (AvgIpc) is 3.31. The second kappa shape index (κ2) is 10.6. The number of nitrogens with zero attached hydrogens (tertiary/aromatic N) is 1. The largest absolute Gasteiger partial charge is 0.361 e. The van der Waals surface area contributed by atoms with E-state index >= 15 is 0 Å². The Bertz CT molecular complexity index is 1270. The molecule has 168 valence electrons. The molecule has 3 aromatic carbocycles. The van der Waals surface area contributed by atoms with Crippen molar-refractivity contribution in [1.82, 2.24) is 4.98 Å². The Kier molecular flexibility index (Phi) is 7.32. The van der Waals surface area contributed by atoms with E-state index in [1.807, 2.05) is 97.7 Å². The van der Waals surface area contributed by atoms with Gasteiger partial charge in [0.25, 0.3) is 0 Å². The van der Waals surface area contributed by atoms with Gasteiger partial charge in [0.15, 0.2) is 5.11 Å². The molecule has 0 aliphatic carbocycles. The van der Waals surface area contributed by atoms with Gasteiger partial charge in [-0.15, -0.1) is 11.8 Å². The first-order valence-corrected chi connectivity index (χ1v) is 12.3. The van der Waals surface area contributed by atoms with Gasteiger partial charge < -0.3 is 20.5 Å². The fourth-order valence-electron chi connectivity index (χ4n) is 3.64. The van der Waals surface area contributed by atoms with Crippen LogP contribution in [0.1, 0.15) is 19.4 Å². The summed E-state index contributed by atoms with van der Waals surface area (Å²) in [4.78, 5) is 18.8. The van der Waals surface area contributed by atoms with Crippen molar-refractivity contribution in [3.8, 4) is 0 Å². The molecule has 4 aromatic rings. The second-order valence-electron chi connectivity index (χ2n) is 7.30. The van der Waals surface area contributed by atoms with Gasteiger partial charge in [0, 0.05) is 28.0 Å². The number of carbonyl (C=O) groups excluding carboxylic acids is 1. The lowest BCUT2D eigenvalue weighted by atomic mass is 10.2. The van der Waals surface area contributed by atoms with Crippen LogP contribution in [0.25, 0.3) is 10.9 Å². The lowest BCUT2D eigenvalue weighted by molar-refractivity contribution is -0.116. The molecule has 0 saturated carbocycles. The first kappa shape index (κ1) is 22.9. The minimum atomic E-state index is 0.110. The first-order valence-electron chi connectivity index (χ1n) is 10.9. The summed E-state index contributed by atoms with van der Waals surface area (Å²) in [5.74, 6) is 0.562. The number of H-pyrrole nitrogens is 1. The molecule has 1 amide bonds. The van der Waals surface area contributed by atoms with Crippen LogP contribution in [0.4, 0.5) is 17.1 Å². The molecule has 0 saturated heterocycles. The fourth-order valence-corrected chi connectivity index (χ4v) is 4.79. The molecule has 0 fully saturated rings. The van der Waals surface area contributed by atoms with Crippen LogP contribution >= 0.6 is 24.0 Å². The summed E-state index contributed by atoms with van der Waals surface area (Å²) in [5.41, 5.74) is 4.80. The summed E-state index contributed by atoms with van der Waals surface area (Å²) in [5, 5.41) is 8.12. The van der Waals surface area contributed by atoms with Crippen molar-refractivity contribution in [2.45, 2.75) is 25.3 Å². The van der Waals surface area contributed by atoms with Crippen LogP contribution in [0.15, 0.2) is 83.9 Å². The average molecular weight is 475 g/mol. The van der Waals surface area contributed by atoms with Crippen molar-refractivity contribution in [2.75, 3.05) is 21.3 Å². The molecule has 0 radical (unpaired) electrons. The lowest BCUT2D eigenvalue weighted by Gasteiger charge is -2.29. The van der Waals surface area contributed by atoms with E-state index in [1.165, 1.54) is 0 Å². The Hall–Kier alpha value is -3.29. The maximum absolute atomic E-state index is 12.7. The molecule has 33 heavy (non-hydrogen) atoms. The fraction of sp³-hybridized carbons (Fsp3) is 0.154. The molecule has 5 rings (SSSR count). The van der Waals surface area contributed by atoms with E-state index in [4.69, 9.17) is 12.2 Å². The number of nitrogens with one attached hydrogen (secondary N) is 3. The highest BCUT2D eigenvalue weighted by atomic mass is 32.2. The zero-order valence-corrected chi connectivity index (χ0v) is 20.2. The van der Waals surface area contributed by atoms with Gasteiger partial charge in [-0.3, -0.25) is 4.79 Å². The molecule has 0 bridgehead atoms. The van der Waals surface area contributed by atoms with E-state index in [0.29, 0.717) is 17.4 Å². The standard InChI is InChI=1S/C24H20N4OS2.C2H6/c29-23-15-31-22-9-8-19(13-21(22)28(23)14-16-4-2-1-3-5-16)27-24(30)26-18-7-6-17-10-11-25-20(17)12-18;1-2/h1-13,25H,14-15H2,(H2,26,27,30);1-2H3. The number of rotatable bonds is 4. The molecule has 2 heterocycles. The number of hydrogen-bond donors (Lipinski definition) is 3. The third-order valence-electron chi connectivity index (χ3n) is 5.16. The van der Waals surface area contributed by atoms with E-state index in [0.717, 1.165) is 38.4 Å². The molecule has 0 atom stereocenters. The Balaban J connectivity index is 0.00000126. The van der Waals surface area contributed by atoms with Gasteiger partial charge in [-0.05, 0) is 59.6 Å². The van der Waals surface area contributed by atoms with Crippen molar-refractivity contribution in [3.05, 3.63) is 84.6 Å². The molecule has 0 unspecified atom stereocenters. The van der Waals surface area contributed by atoms with E-state index in [-0.39, 0.29) is 5.91 Å². The highest BCUT2D eigenvalue weighted by Crippen LogP contribution is 2.38. The number of anilines is 3. The predicted octanol–water partition coefficient (Wildman–Crippen LogP) is 6.64. The van der Waals surface area contributed by atoms with Gasteiger partial charge >= 0.3 is 0 Å². The van der Waals surface area contributed by atoms with Crippen LogP contribution < -0.4 is 15.5 Å². The van der Waals surface area contributed by atoms with Gasteiger partial charge in [0.2, 0.25) is 5.91 Å². The van der Waals surface area contributed by atoms with Crippen LogP contribution in [0.2, 0.25) is 0 Å². The molecule has 5 nitrogen and oxygen atoms in total. The topological polar surface area (TPSA) is 60.2 Å². The molecule has 1 aromatic heterocycles. The number of hydrogen-bond acceptors (Lipinski definition) is 3.